The Morgan fingerprint density at radius 2 is 0.942 bits per heavy atom. The van der Waals surface area contributed by atoms with Gasteiger partial charge in [-0.3, -0.25) is 4.57 Å². The number of pyridine rings is 1. The van der Waals surface area contributed by atoms with E-state index in [1.807, 2.05) is 0 Å². The Morgan fingerprint density at radius 3 is 1.75 bits per heavy atom. The van der Waals surface area contributed by atoms with Gasteiger partial charge >= 0.3 is 0 Å². The molecule has 0 saturated heterocycles. The molecule has 0 aliphatic heterocycles. The molecule has 8 aromatic carbocycles. The van der Waals surface area contributed by atoms with Crippen LogP contribution < -0.4 is 0 Å². The second kappa shape index (κ2) is 11.3. The minimum absolute atomic E-state index is 0.936. The van der Waals surface area contributed by atoms with Gasteiger partial charge in [0.2, 0.25) is 0 Å². The summed E-state index contributed by atoms with van der Waals surface area (Å²) < 4.78 is 4.75. The number of para-hydroxylation sites is 3. The lowest BCUT2D eigenvalue weighted by Gasteiger charge is -2.15. The first kappa shape index (κ1) is 28.8. The van der Waals surface area contributed by atoms with Crippen molar-refractivity contribution in [2.24, 2.45) is 0 Å². The van der Waals surface area contributed by atoms with E-state index in [9.17, 15) is 0 Å². The van der Waals surface area contributed by atoms with Crippen LogP contribution in [0.3, 0.4) is 0 Å². The lowest BCUT2D eigenvalue weighted by atomic mass is 9.99. The summed E-state index contributed by atoms with van der Waals surface area (Å²) in [5.74, 6) is 0.936. The summed E-state index contributed by atoms with van der Waals surface area (Å²) in [6.45, 7) is 0. The van der Waals surface area contributed by atoms with E-state index in [0.717, 1.165) is 44.6 Å². The molecular weight excluding hydrogens is 631 g/mol. The van der Waals surface area contributed by atoms with Crippen molar-refractivity contribution in [3.05, 3.63) is 188 Å². The zero-order valence-electron chi connectivity index (χ0n) is 28.2. The molecular formula is C49H31N3. The van der Waals surface area contributed by atoms with E-state index in [-0.39, 0.29) is 0 Å². The van der Waals surface area contributed by atoms with Gasteiger partial charge < -0.3 is 4.57 Å². The molecule has 0 aliphatic carbocycles. The van der Waals surface area contributed by atoms with Crippen LogP contribution in [0.5, 0.6) is 0 Å². The maximum Gasteiger partial charge on any atom is 0.146 e. The Hall–Kier alpha value is -6.97. The van der Waals surface area contributed by atoms with Crippen molar-refractivity contribution < 1.29 is 0 Å². The Labute approximate surface area is 300 Å². The molecule has 0 saturated carbocycles. The highest BCUT2D eigenvalue weighted by Gasteiger charge is 2.20. The van der Waals surface area contributed by atoms with Crippen LogP contribution in [0.15, 0.2) is 188 Å². The predicted molar refractivity (Wildman–Crippen MR) is 219 cm³/mol. The Kier molecular flexibility index (Phi) is 6.25. The fraction of sp³-hybridized carbons (Fsp3) is 0. The highest BCUT2D eigenvalue weighted by atomic mass is 15.1. The van der Waals surface area contributed by atoms with Crippen LogP contribution in [-0.4, -0.2) is 14.1 Å². The fourth-order valence-electron chi connectivity index (χ4n) is 8.31. The van der Waals surface area contributed by atoms with Crippen molar-refractivity contribution in [3.8, 4) is 33.8 Å². The molecule has 3 aromatic heterocycles. The van der Waals surface area contributed by atoms with Gasteiger partial charge in [0.25, 0.3) is 0 Å². The van der Waals surface area contributed by atoms with E-state index < -0.39 is 0 Å². The second-order valence-corrected chi connectivity index (χ2v) is 13.6. The molecule has 3 nitrogen and oxygen atoms in total. The lowest BCUT2D eigenvalue weighted by molar-refractivity contribution is 1.10. The number of nitrogens with zero attached hydrogens (tertiary/aromatic N) is 3. The van der Waals surface area contributed by atoms with E-state index in [0.29, 0.717) is 0 Å². The van der Waals surface area contributed by atoms with E-state index in [1.54, 1.807) is 0 Å². The quantitative estimate of drug-likeness (QED) is 0.184. The van der Waals surface area contributed by atoms with Crippen LogP contribution in [-0.2, 0) is 0 Å². The van der Waals surface area contributed by atoms with Gasteiger partial charge in [0.1, 0.15) is 5.82 Å². The van der Waals surface area contributed by atoms with Crippen LogP contribution in [0, 0.1) is 0 Å². The minimum atomic E-state index is 0.936. The van der Waals surface area contributed by atoms with Crippen molar-refractivity contribution in [3.63, 3.8) is 0 Å². The van der Waals surface area contributed by atoms with Crippen LogP contribution in [0.1, 0.15) is 0 Å². The average molecular weight is 662 g/mol. The zero-order valence-corrected chi connectivity index (χ0v) is 28.2. The number of fused-ring (bicyclic) bond motifs is 9. The van der Waals surface area contributed by atoms with Crippen LogP contribution in [0.25, 0.3) is 99.0 Å². The molecule has 3 heteroatoms. The summed E-state index contributed by atoms with van der Waals surface area (Å²) in [7, 11) is 0. The molecule has 11 rings (SSSR count). The maximum atomic E-state index is 5.35. The van der Waals surface area contributed by atoms with Gasteiger partial charge in [0.15, 0.2) is 0 Å². The van der Waals surface area contributed by atoms with Gasteiger partial charge in [0.05, 0.1) is 27.6 Å². The van der Waals surface area contributed by atoms with Crippen molar-refractivity contribution in [2.75, 3.05) is 0 Å². The van der Waals surface area contributed by atoms with Crippen LogP contribution >= 0.6 is 0 Å². The van der Waals surface area contributed by atoms with Gasteiger partial charge in [-0.05, 0) is 88.1 Å². The first-order valence-corrected chi connectivity index (χ1v) is 17.8. The molecule has 0 fully saturated rings. The number of hydrogen-bond acceptors (Lipinski definition) is 1. The van der Waals surface area contributed by atoms with E-state index in [1.165, 1.54) is 54.5 Å². The normalized spacial score (nSPS) is 11.8. The largest absolute Gasteiger partial charge is 0.309 e. The third kappa shape index (κ3) is 4.30. The monoisotopic (exact) mass is 661 g/mol. The molecule has 0 amide bonds. The summed E-state index contributed by atoms with van der Waals surface area (Å²) in [6.07, 6.45) is 0. The standard InChI is InChI=1S/C49H31N3/c1-3-13-32(14-4-1)40-31-36-16-8-11-21-43(36)50-49(40)52-44-22-12-10-20-39(44)41-29-34(24-26-45(41)52)35-25-27-46-42(30-35)48-38-19-9-7-15-33(38)23-28-47(48)51(46)37-17-5-2-6-18-37/h1-31H. The van der Waals surface area contributed by atoms with E-state index in [4.69, 9.17) is 4.98 Å². The Morgan fingerprint density at radius 1 is 0.346 bits per heavy atom. The highest BCUT2D eigenvalue weighted by Crippen LogP contribution is 2.41. The molecule has 11 aromatic rings. The van der Waals surface area contributed by atoms with Gasteiger partial charge in [-0.25, -0.2) is 4.98 Å². The average Bonchev–Trinajstić information content (AvgIpc) is 3.73. The minimum Gasteiger partial charge on any atom is -0.309 e. The van der Waals surface area contributed by atoms with Crippen molar-refractivity contribution in [1.82, 2.24) is 14.1 Å². The van der Waals surface area contributed by atoms with Gasteiger partial charge in [-0.1, -0.05) is 127 Å². The molecule has 0 atom stereocenters. The molecule has 52 heavy (non-hydrogen) atoms. The molecule has 0 spiro atoms. The second-order valence-electron chi connectivity index (χ2n) is 13.6. The smallest absolute Gasteiger partial charge is 0.146 e. The summed E-state index contributed by atoms with van der Waals surface area (Å²) in [6, 6.07) is 67.9. The van der Waals surface area contributed by atoms with Crippen molar-refractivity contribution in [2.45, 2.75) is 0 Å². The van der Waals surface area contributed by atoms with Gasteiger partial charge in [-0.2, -0.15) is 0 Å². The SMILES string of the molecule is c1ccc(-c2cc3ccccc3nc2-n2c3ccccc3c3cc(-c4ccc5c(c4)c4c6ccccc6ccc4n5-c4ccccc4)ccc32)cc1. The Balaban J connectivity index is 1.16. The maximum absolute atomic E-state index is 5.35. The number of rotatable bonds is 4. The molecule has 0 unspecified atom stereocenters. The molecule has 0 aliphatic rings. The van der Waals surface area contributed by atoms with Gasteiger partial charge in [0, 0.05) is 38.2 Å². The third-order valence-corrected chi connectivity index (χ3v) is 10.7. The topological polar surface area (TPSA) is 22.8 Å². The highest BCUT2D eigenvalue weighted by molar-refractivity contribution is 6.22. The zero-order chi connectivity index (χ0) is 34.2. The molecule has 0 bridgehead atoms. The molecule has 242 valence electrons. The summed E-state index contributed by atoms with van der Waals surface area (Å²) in [5, 5.41) is 8.60. The first-order chi connectivity index (χ1) is 25.8. The molecule has 0 N–H and O–H groups in total. The Bertz CT molecular complexity index is 3170. The van der Waals surface area contributed by atoms with Crippen molar-refractivity contribution >= 4 is 65.3 Å². The van der Waals surface area contributed by atoms with Crippen molar-refractivity contribution in [1.29, 1.82) is 0 Å². The number of aromatic nitrogens is 3. The molecule has 0 radical (unpaired) electrons. The van der Waals surface area contributed by atoms with E-state index in [2.05, 4.69) is 197 Å². The van der Waals surface area contributed by atoms with Crippen LogP contribution in [0.4, 0.5) is 0 Å². The van der Waals surface area contributed by atoms with Gasteiger partial charge in [-0.15, -0.1) is 0 Å². The van der Waals surface area contributed by atoms with E-state index >= 15 is 0 Å². The lowest BCUT2D eigenvalue weighted by Crippen LogP contribution is -2.01. The predicted octanol–water partition coefficient (Wildman–Crippen LogP) is 12.9. The summed E-state index contributed by atoms with van der Waals surface area (Å²) in [5.41, 5.74) is 11.5. The summed E-state index contributed by atoms with van der Waals surface area (Å²) in [4.78, 5) is 5.35. The summed E-state index contributed by atoms with van der Waals surface area (Å²) >= 11 is 0. The fourth-order valence-corrected chi connectivity index (χ4v) is 8.31. The first-order valence-electron chi connectivity index (χ1n) is 17.8. The third-order valence-electron chi connectivity index (χ3n) is 10.7. The number of benzene rings is 8. The van der Waals surface area contributed by atoms with Crippen LogP contribution in [0.2, 0.25) is 0 Å². The molecule has 3 heterocycles. The number of hydrogen-bond donors (Lipinski definition) is 0.